The topological polar surface area (TPSA) is 58.7 Å². The quantitative estimate of drug-likeness (QED) is 0.770. The van der Waals surface area contributed by atoms with Gasteiger partial charge in [0.25, 0.3) is 0 Å². The van der Waals surface area contributed by atoms with E-state index in [2.05, 4.69) is 4.90 Å². The van der Waals surface area contributed by atoms with E-state index in [9.17, 15) is 5.11 Å². The van der Waals surface area contributed by atoms with Gasteiger partial charge in [-0.1, -0.05) is 18.9 Å². The lowest BCUT2D eigenvalue weighted by Gasteiger charge is -2.28. The Morgan fingerprint density at radius 2 is 2.11 bits per heavy atom. The van der Waals surface area contributed by atoms with E-state index in [1.54, 1.807) is 0 Å². The number of hydrogen-bond donors (Lipinski definition) is 2. The maximum atomic E-state index is 10.3. The van der Waals surface area contributed by atoms with Crippen LogP contribution in [0.2, 0.25) is 0 Å². The summed E-state index contributed by atoms with van der Waals surface area (Å²) in [6.45, 7) is 2.14. The van der Waals surface area contributed by atoms with Gasteiger partial charge in [-0.25, -0.2) is 0 Å². The minimum atomic E-state index is -0.480. The molecule has 1 aromatic carbocycles. The van der Waals surface area contributed by atoms with Crippen molar-refractivity contribution in [1.82, 2.24) is 4.90 Å². The van der Waals surface area contributed by atoms with E-state index in [0.717, 1.165) is 44.5 Å². The molecule has 4 heteroatoms. The first-order valence-electron chi connectivity index (χ1n) is 6.97. The van der Waals surface area contributed by atoms with Crippen molar-refractivity contribution in [1.29, 1.82) is 0 Å². The smallest absolute Gasteiger partial charge is 0.121 e. The maximum absolute atomic E-state index is 10.3. The molecule has 0 unspecified atom stereocenters. The van der Waals surface area contributed by atoms with Crippen LogP contribution in [0.25, 0.3) is 0 Å². The lowest BCUT2D eigenvalue weighted by Crippen LogP contribution is -2.40. The summed E-state index contributed by atoms with van der Waals surface area (Å²) < 4.78 is 5.65. The molecule has 4 nitrogen and oxygen atoms in total. The third-order valence-electron chi connectivity index (χ3n) is 3.70. The van der Waals surface area contributed by atoms with Crippen molar-refractivity contribution >= 4 is 5.69 Å². The fourth-order valence-electron chi connectivity index (χ4n) is 2.70. The van der Waals surface area contributed by atoms with Crippen LogP contribution in [0.3, 0.4) is 0 Å². The summed E-state index contributed by atoms with van der Waals surface area (Å²) in [6, 6.07) is 7.45. The second-order valence-electron chi connectivity index (χ2n) is 5.59. The Morgan fingerprint density at radius 1 is 1.37 bits per heavy atom. The van der Waals surface area contributed by atoms with Crippen LogP contribution < -0.4 is 10.5 Å². The molecule has 19 heavy (non-hydrogen) atoms. The van der Waals surface area contributed by atoms with Crippen molar-refractivity contribution in [2.45, 2.75) is 31.3 Å². The van der Waals surface area contributed by atoms with Crippen molar-refractivity contribution in [3.05, 3.63) is 24.3 Å². The average Bonchev–Trinajstić information content (AvgIpc) is 2.75. The van der Waals surface area contributed by atoms with Crippen LogP contribution in [0.1, 0.15) is 25.7 Å². The number of benzene rings is 1. The highest BCUT2D eigenvalue weighted by Gasteiger charge is 2.31. The SMILES string of the molecule is CN(CCOc1cccc(N)c1)CC1(O)CCCC1. The van der Waals surface area contributed by atoms with Gasteiger partial charge in [-0.05, 0) is 32.0 Å². The molecule has 0 spiro atoms. The molecule has 1 saturated carbocycles. The van der Waals surface area contributed by atoms with Gasteiger partial charge in [0, 0.05) is 24.8 Å². The first-order valence-corrected chi connectivity index (χ1v) is 6.97. The van der Waals surface area contributed by atoms with Gasteiger partial charge in [0.15, 0.2) is 0 Å². The van der Waals surface area contributed by atoms with E-state index in [0.29, 0.717) is 12.3 Å². The molecule has 1 aromatic rings. The van der Waals surface area contributed by atoms with Gasteiger partial charge >= 0.3 is 0 Å². The second-order valence-corrected chi connectivity index (χ2v) is 5.59. The summed E-state index contributed by atoms with van der Waals surface area (Å²) in [5.41, 5.74) is 5.93. The number of nitrogens with zero attached hydrogens (tertiary/aromatic N) is 1. The number of rotatable bonds is 6. The molecule has 2 rings (SSSR count). The third-order valence-corrected chi connectivity index (χ3v) is 3.70. The molecule has 0 bridgehead atoms. The molecule has 0 aromatic heterocycles. The summed E-state index contributed by atoms with van der Waals surface area (Å²) in [7, 11) is 2.03. The molecule has 0 amide bonds. The first-order chi connectivity index (χ1) is 9.07. The Labute approximate surface area is 115 Å². The highest BCUT2D eigenvalue weighted by Crippen LogP contribution is 2.29. The molecule has 1 aliphatic carbocycles. The van der Waals surface area contributed by atoms with Gasteiger partial charge in [-0.15, -0.1) is 0 Å². The van der Waals surface area contributed by atoms with Crippen molar-refractivity contribution in [2.75, 3.05) is 32.5 Å². The van der Waals surface area contributed by atoms with Crippen LogP contribution in [0.4, 0.5) is 5.69 Å². The number of nitrogen functional groups attached to an aromatic ring is 1. The van der Waals surface area contributed by atoms with Gasteiger partial charge < -0.3 is 20.5 Å². The predicted octanol–water partition coefficient (Wildman–Crippen LogP) is 1.88. The zero-order valence-electron chi connectivity index (χ0n) is 11.6. The molecular weight excluding hydrogens is 240 g/mol. The first kappa shape index (κ1) is 14.2. The minimum Gasteiger partial charge on any atom is -0.492 e. The predicted molar refractivity (Wildman–Crippen MR) is 77.3 cm³/mol. The lowest BCUT2D eigenvalue weighted by atomic mass is 10.0. The number of likely N-dealkylation sites (N-methyl/N-ethyl adjacent to an activating group) is 1. The lowest BCUT2D eigenvalue weighted by molar-refractivity contribution is 0.0139. The molecular formula is C15H24N2O2. The van der Waals surface area contributed by atoms with Crippen molar-refractivity contribution in [2.24, 2.45) is 0 Å². The Bertz CT molecular complexity index is 403. The highest BCUT2D eigenvalue weighted by atomic mass is 16.5. The van der Waals surface area contributed by atoms with E-state index >= 15 is 0 Å². The summed E-state index contributed by atoms with van der Waals surface area (Å²) in [4.78, 5) is 2.14. The van der Waals surface area contributed by atoms with Crippen LogP contribution in [0.5, 0.6) is 5.75 Å². The van der Waals surface area contributed by atoms with E-state index in [4.69, 9.17) is 10.5 Å². The minimum absolute atomic E-state index is 0.480. The zero-order chi connectivity index (χ0) is 13.7. The Balaban J connectivity index is 1.70. The number of hydrogen-bond acceptors (Lipinski definition) is 4. The summed E-state index contributed by atoms with van der Waals surface area (Å²) >= 11 is 0. The van der Waals surface area contributed by atoms with Gasteiger partial charge in [0.2, 0.25) is 0 Å². The zero-order valence-corrected chi connectivity index (χ0v) is 11.6. The standard InChI is InChI=1S/C15H24N2O2/c1-17(12-15(18)7-2-3-8-15)9-10-19-14-6-4-5-13(16)11-14/h4-6,11,18H,2-3,7-10,12,16H2,1H3. The maximum Gasteiger partial charge on any atom is 0.121 e. The number of aliphatic hydroxyl groups is 1. The molecule has 1 aliphatic rings. The molecule has 3 N–H and O–H groups in total. The number of nitrogens with two attached hydrogens (primary N) is 1. The molecule has 0 aliphatic heterocycles. The van der Waals surface area contributed by atoms with Gasteiger partial charge in [-0.2, -0.15) is 0 Å². The third kappa shape index (κ3) is 4.40. The van der Waals surface area contributed by atoms with E-state index in [-0.39, 0.29) is 0 Å². The fraction of sp³-hybridized carbons (Fsp3) is 0.600. The molecule has 0 radical (unpaired) electrons. The number of anilines is 1. The van der Waals surface area contributed by atoms with E-state index in [1.807, 2.05) is 31.3 Å². The monoisotopic (exact) mass is 264 g/mol. The Morgan fingerprint density at radius 3 is 2.79 bits per heavy atom. The summed E-state index contributed by atoms with van der Waals surface area (Å²) in [5.74, 6) is 0.799. The average molecular weight is 264 g/mol. The molecule has 106 valence electrons. The summed E-state index contributed by atoms with van der Waals surface area (Å²) in [5, 5.41) is 10.3. The van der Waals surface area contributed by atoms with Crippen LogP contribution in [-0.2, 0) is 0 Å². The largest absolute Gasteiger partial charge is 0.492 e. The van der Waals surface area contributed by atoms with E-state index < -0.39 is 5.60 Å². The Kier molecular flexibility index (Phi) is 4.66. The van der Waals surface area contributed by atoms with Gasteiger partial charge in [0.05, 0.1) is 5.60 Å². The van der Waals surface area contributed by atoms with Crippen LogP contribution >= 0.6 is 0 Å². The summed E-state index contributed by atoms with van der Waals surface area (Å²) in [6.07, 6.45) is 4.13. The van der Waals surface area contributed by atoms with Crippen LogP contribution in [0.15, 0.2) is 24.3 Å². The molecule has 0 atom stereocenters. The molecule has 0 saturated heterocycles. The van der Waals surface area contributed by atoms with Gasteiger partial charge in [-0.3, -0.25) is 0 Å². The van der Waals surface area contributed by atoms with Crippen molar-refractivity contribution in [3.63, 3.8) is 0 Å². The van der Waals surface area contributed by atoms with Crippen LogP contribution in [-0.4, -0.2) is 42.4 Å². The van der Waals surface area contributed by atoms with Gasteiger partial charge in [0.1, 0.15) is 12.4 Å². The highest BCUT2D eigenvalue weighted by molar-refractivity contribution is 5.43. The van der Waals surface area contributed by atoms with Crippen molar-refractivity contribution in [3.8, 4) is 5.75 Å². The Hall–Kier alpha value is -1.26. The second kappa shape index (κ2) is 6.26. The fourth-order valence-corrected chi connectivity index (χ4v) is 2.70. The van der Waals surface area contributed by atoms with Crippen molar-refractivity contribution < 1.29 is 9.84 Å². The van der Waals surface area contributed by atoms with Crippen LogP contribution in [0, 0.1) is 0 Å². The normalized spacial score (nSPS) is 17.8. The molecule has 1 fully saturated rings. The molecule has 0 heterocycles. The van der Waals surface area contributed by atoms with E-state index in [1.165, 1.54) is 0 Å². The number of ether oxygens (including phenoxy) is 1.